The fourth-order valence-corrected chi connectivity index (χ4v) is 1.80. The molecule has 1 aromatic rings. The number of ether oxygens (including phenoxy) is 1. The summed E-state index contributed by atoms with van der Waals surface area (Å²) in [4.78, 5) is 10.7. The van der Waals surface area contributed by atoms with Crippen LogP contribution in [0.4, 0.5) is 5.82 Å². The van der Waals surface area contributed by atoms with Crippen LogP contribution in [0.25, 0.3) is 0 Å². The molecule has 94 valence electrons. The van der Waals surface area contributed by atoms with Crippen LogP contribution in [0.2, 0.25) is 0 Å². The van der Waals surface area contributed by atoms with Crippen molar-refractivity contribution in [3.8, 4) is 6.07 Å². The number of nitrogens with one attached hydrogen (secondary N) is 1. The Bertz CT molecular complexity index is 485. The van der Waals surface area contributed by atoms with Crippen LogP contribution in [-0.4, -0.2) is 40.0 Å². The molecule has 0 aromatic carbocycles. The third-order valence-corrected chi connectivity index (χ3v) is 2.72. The average molecular weight is 248 g/mol. The summed E-state index contributed by atoms with van der Waals surface area (Å²) in [5.74, 6) is -0.544. The van der Waals surface area contributed by atoms with E-state index < -0.39 is 12.1 Å². The molecule has 2 heterocycles. The minimum atomic E-state index is -0.935. The van der Waals surface area contributed by atoms with Crippen LogP contribution in [0.15, 0.2) is 12.3 Å². The van der Waals surface area contributed by atoms with Crippen molar-refractivity contribution in [2.24, 2.45) is 0 Å². The maximum absolute atomic E-state index is 10.7. The zero-order chi connectivity index (χ0) is 13.0. The zero-order valence-electron chi connectivity index (χ0n) is 9.54. The fraction of sp³-hybridized carbons (Fsp3) is 0.455. The molecule has 2 atom stereocenters. The molecule has 1 fully saturated rings. The van der Waals surface area contributed by atoms with Crippen LogP contribution in [0.3, 0.4) is 0 Å². The lowest BCUT2D eigenvalue weighted by Crippen LogP contribution is -2.25. The van der Waals surface area contributed by atoms with Gasteiger partial charge in [-0.1, -0.05) is 0 Å². The van der Waals surface area contributed by atoms with E-state index >= 15 is 0 Å². The summed E-state index contributed by atoms with van der Waals surface area (Å²) in [7, 11) is 0. The second kappa shape index (κ2) is 5.42. The van der Waals surface area contributed by atoms with Gasteiger partial charge < -0.3 is 15.2 Å². The molecule has 1 aliphatic heterocycles. The first-order chi connectivity index (χ1) is 8.70. The van der Waals surface area contributed by atoms with Gasteiger partial charge in [0.05, 0.1) is 17.9 Å². The van der Waals surface area contributed by atoms with Crippen molar-refractivity contribution >= 4 is 11.8 Å². The van der Waals surface area contributed by atoms with Crippen molar-refractivity contribution in [2.45, 2.75) is 25.0 Å². The van der Waals surface area contributed by atoms with E-state index in [4.69, 9.17) is 15.1 Å². The van der Waals surface area contributed by atoms with Gasteiger partial charge in [-0.3, -0.25) is 0 Å². The fourth-order valence-electron chi connectivity index (χ4n) is 1.80. The Labute approximate surface area is 103 Å². The van der Waals surface area contributed by atoms with Crippen molar-refractivity contribution < 1.29 is 14.6 Å². The summed E-state index contributed by atoms with van der Waals surface area (Å²) in [5, 5.41) is 28.1. The minimum absolute atomic E-state index is 0.181. The van der Waals surface area contributed by atoms with E-state index in [-0.39, 0.29) is 6.10 Å². The molecule has 1 saturated heterocycles. The number of nitrogens with zero attached hydrogens (tertiary/aromatic N) is 3. The number of rotatable bonds is 4. The molecule has 0 saturated carbocycles. The van der Waals surface area contributed by atoms with Crippen LogP contribution >= 0.6 is 0 Å². The summed E-state index contributed by atoms with van der Waals surface area (Å²) in [6.07, 6.45) is 1.71. The zero-order valence-corrected chi connectivity index (χ0v) is 9.54. The first kappa shape index (κ1) is 12.3. The lowest BCUT2D eigenvalue weighted by atomic mass is 10.2. The first-order valence-corrected chi connectivity index (χ1v) is 5.54. The topological polar surface area (TPSA) is 108 Å². The highest BCUT2D eigenvalue weighted by Gasteiger charge is 2.30. The lowest BCUT2D eigenvalue weighted by Gasteiger charge is -2.12. The van der Waals surface area contributed by atoms with Gasteiger partial charge in [-0.15, -0.1) is 5.10 Å². The maximum atomic E-state index is 10.7. The molecule has 1 aliphatic rings. The van der Waals surface area contributed by atoms with E-state index in [1.165, 1.54) is 6.20 Å². The number of carboxylic acid groups (broad SMARTS) is 1. The average Bonchev–Trinajstić information content (AvgIpc) is 2.85. The van der Waals surface area contributed by atoms with Gasteiger partial charge in [0.1, 0.15) is 6.07 Å². The number of hydrogen-bond donors (Lipinski definition) is 2. The summed E-state index contributed by atoms with van der Waals surface area (Å²) < 4.78 is 5.32. The van der Waals surface area contributed by atoms with Crippen molar-refractivity contribution in [1.29, 1.82) is 5.26 Å². The SMILES string of the molecule is N#Cc1ccnnc1NCC1CCC(C(=O)O)O1. The molecule has 18 heavy (non-hydrogen) atoms. The molecule has 0 aliphatic carbocycles. The molecular formula is C11H12N4O3. The van der Waals surface area contributed by atoms with Crippen LogP contribution in [-0.2, 0) is 9.53 Å². The second-order valence-corrected chi connectivity index (χ2v) is 3.95. The summed E-state index contributed by atoms with van der Waals surface area (Å²) >= 11 is 0. The van der Waals surface area contributed by atoms with Crippen LogP contribution in [0.5, 0.6) is 0 Å². The normalized spacial score (nSPS) is 22.4. The predicted octanol–water partition coefficient (Wildman–Crippen LogP) is 0.392. The minimum Gasteiger partial charge on any atom is -0.479 e. The monoisotopic (exact) mass is 248 g/mol. The van der Waals surface area contributed by atoms with E-state index in [0.29, 0.717) is 30.8 Å². The number of carboxylic acids is 1. The van der Waals surface area contributed by atoms with Crippen molar-refractivity contribution in [1.82, 2.24) is 10.2 Å². The number of nitriles is 1. The number of aliphatic carboxylic acids is 1. The molecule has 0 amide bonds. The third-order valence-electron chi connectivity index (χ3n) is 2.72. The Morgan fingerprint density at radius 2 is 2.50 bits per heavy atom. The molecule has 2 unspecified atom stereocenters. The van der Waals surface area contributed by atoms with Crippen molar-refractivity contribution in [3.05, 3.63) is 17.8 Å². The second-order valence-electron chi connectivity index (χ2n) is 3.95. The third kappa shape index (κ3) is 2.73. The summed E-state index contributed by atoms with van der Waals surface area (Å²) in [6, 6.07) is 3.56. The highest BCUT2D eigenvalue weighted by Crippen LogP contribution is 2.20. The van der Waals surface area contributed by atoms with Crippen molar-refractivity contribution in [2.75, 3.05) is 11.9 Å². The molecule has 1 aromatic heterocycles. The van der Waals surface area contributed by atoms with Crippen LogP contribution in [0, 0.1) is 11.3 Å². The van der Waals surface area contributed by atoms with Gasteiger partial charge >= 0.3 is 5.97 Å². The highest BCUT2D eigenvalue weighted by atomic mass is 16.5. The predicted molar refractivity (Wildman–Crippen MR) is 60.8 cm³/mol. The number of carbonyl (C=O) groups is 1. The van der Waals surface area contributed by atoms with E-state index in [1.807, 2.05) is 6.07 Å². The highest BCUT2D eigenvalue weighted by molar-refractivity contribution is 5.72. The summed E-state index contributed by atoms with van der Waals surface area (Å²) in [6.45, 7) is 0.414. The van der Waals surface area contributed by atoms with Crippen LogP contribution in [0.1, 0.15) is 18.4 Å². The maximum Gasteiger partial charge on any atom is 0.332 e. The van der Waals surface area contributed by atoms with E-state index in [0.717, 1.165) is 0 Å². The van der Waals surface area contributed by atoms with Gasteiger partial charge in [-0.25, -0.2) is 4.79 Å². The molecule has 2 N–H and O–H groups in total. The van der Waals surface area contributed by atoms with Gasteiger partial charge in [-0.05, 0) is 18.9 Å². The number of aromatic nitrogens is 2. The molecular weight excluding hydrogens is 236 g/mol. The molecule has 2 rings (SSSR count). The van der Waals surface area contributed by atoms with Crippen molar-refractivity contribution in [3.63, 3.8) is 0 Å². The Balaban J connectivity index is 1.89. The van der Waals surface area contributed by atoms with Gasteiger partial charge in [0.2, 0.25) is 0 Å². The first-order valence-electron chi connectivity index (χ1n) is 5.54. The molecule has 7 nitrogen and oxygen atoms in total. The quantitative estimate of drug-likeness (QED) is 0.793. The molecule has 0 spiro atoms. The number of hydrogen-bond acceptors (Lipinski definition) is 6. The summed E-state index contributed by atoms with van der Waals surface area (Å²) in [5.41, 5.74) is 0.401. The van der Waals surface area contributed by atoms with Gasteiger partial charge in [-0.2, -0.15) is 10.4 Å². The Morgan fingerprint density at radius 1 is 1.67 bits per heavy atom. The molecule has 0 radical (unpaired) electrons. The Kier molecular flexibility index (Phi) is 3.69. The smallest absolute Gasteiger partial charge is 0.332 e. The van der Waals surface area contributed by atoms with Gasteiger partial charge in [0.15, 0.2) is 11.9 Å². The van der Waals surface area contributed by atoms with E-state index in [9.17, 15) is 4.79 Å². The standard InChI is InChI=1S/C11H12N4O3/c12-5-7-3-4-14-15-10(7)13-6-8-1-2-9(18-8)11(16)17/h3-4,8-9H,1-2,6H2,(H,13,15)(H,16,17). The van der Waals surface area contributed by atoms with E-state index in [2.05, 4.69) is 15.5 Å². The van der Waals surface area contributed by atoms with Crippen LogP contribution < -0.4 is 5.32 Å². The van der Waals surface area contributed by atoms with Gasteiger partial charge in [0.25, 0.3) is 0 Å². The largest absolute Gasteiger partial charge is 0.479 e. The molecule has 7 heteroatoms. The number of anilines is 1. The van der Waals surface area contributed by atoms with Gasteiger partial charge in [0, 0.05) is 6.54 Å². The van der Waals surface area contributed by atoms with E-state index in [1.54, 1.807) is 6.07 Å². The molecule has 0 bridgehead atoms. The Morgan fingerprint density at radius 3 is 3.17 bits per heavy atom. The Hall–Kier alpha value is -2.20. The lowest BCUT2D eigenvalue weighted by molar-refractivity contribution is -0.149.